The summed E-state index contributed by atoms with van der Waals surface area (Å²) in [5, 5.41) is 7.07. The number of anilines is 2. The Kier molecular flexibility index (Phi) is 6.23. The maximum absolute atomic E-state index is 13.7. The zero-order valence-corrected chi connectivity index (χ0v) is 20.5. The second-order valence-electron chi connectivity index (χ2n) is 9.90. The quantitative estimate of drug-likeness (QED) is 0.402. The lowest BCUT2D eigenvalue weighted by Crippen LogP contribution is -2.36. The summed E-state index contributed by atoms with van der Waals surface area (Å²) in [5.41, 5.74) is 2.26. The number of fused-ring (bicyclic) bond motifs is 1. The van der Waals surface area contributed by atoms with Gasteiger partial charge < -0.3 is 15.5 Å². The normalized spacial score (nSPS) is 17.6. The Morgan fingerprint density at radius 1 is 0.833 bits per heavy atom. The number of piperidine rings is 1. The molecular weight excluding hydrogens is 455 g/mol. The van der Waals surface area contributed by atoms with Crippen molar-refractivity contribution in [2.45, 2.75) is 50.6 Å². The maximum atomic E-state index is 13.7. The van der Waals surface area contributed by atoms with Crippen LogP contribution in [0.15, 0.2) is 48.7 Å². The lowest BCUT2D eigenvalue weighted by Gasteiger charge is -2.29. The number of pyridine rings is 1. The van der Waals surface area contributed by atoms with Gasteiger partial charge >= 0.3 is 0 Å². The van der Waals surface area contributed by atoms with Crippen LogP contribution in [0.5, 0.6) is 0 Å². The summed E-state index contributed by atoms with van der Waals surface area (Å²) in [6.07, 6.45) is 8.68. The highest BCUT2D eigenvalue weighted by atomic mass is 19.1. The molecule has 0 spiro atoms. The summed E-state index contributed by atoms with van der Waals surface area (Å²) in [6.45, 7) is 2.16. The van der Waals surface area contributed by atoms with E-state index in [9.17, 15) is 4.39 Å². The van der Waals surface area contributed by atoms with Crippen LogP contribution in [0.3, 0.4) is 0 Å². The molecule has 6 rings (SSSR count). The van der Waals surface area contributed by atoms with E-state index in [1.807, 2.05) is 22.8 Å². The standard InChI is InChI=1S/C27H31FN8/c1-35-16-13-21(14-17-35)30-23-11-10-22-25(32-23)34-26(18-6-8-19(28)9-7-18)36(22)24-12-15-29-27(33-24)31-20-4-2-3-5-20/h6-12,15,20-21H,2-5,13-14,16-17H2,1H3,(H,30,32)(H,29,31,33). The first-order chi connectivity index (χ1) is 17.6. The van der Waals surface area contributed by atoms with Gasteiger partial charge in [-0.15, -0.1) is 0 Å². The fourth-order valence-corrected chi connectivity index (χ4v) is 5.23. The molecule has 36 heavy (non-hydrogen) atoms. The van der Waals surface area contributed by atoms with E-state index in [4.69, 9.17) is 15.0 Å². The fourth-order valence-electron chi connectivity index (χ4n) is 5.23. The lowest BCUT2D eigenvalue weighted by molar-refractivity contribution is 0.263. The molecule has 0 atom stereocenters. The molecule has 1 saturated carbocycles. The highest BCUT2D eigenvalue weighted by Crippen LogP contribution is 2.29. The largest absolute Gasteiger partial charge is 0.367 e. The molecule has 1 aromatic carbocycles. The average molecular weight is 487 g/mol. The number of aromatic nitrogens is 5. The number of nitrogens with one attached hydrogen (secondary N) is 2. The van der Waals surface area contributed by atoms with E-state index in [-0.39, 0.29) is 5.82 Å². The van der Waals surface area contributed by atoms with Crippen LogP contribution in [0, 0.1) is 5.82 Å². The van der Waals surface area contributed by atoms with E-state index < -0.39 is 0 Å². The minimum atomic E-state index is -0.283. The van der Waals surface area contributed by atoms with Crippen molar-refractivity contribution in [2.75, 3.05) is 30.8 Å². The molecule has 1 aliphatic carbocycles. The van der Waals surface area contributed by atoms with Crippen LogP contribution in [0.25, 0.3) is 28.4 Å². The Balaban J connectivity index is 1.39. The molecular formula is C27H31FN8. The van der Waals surface area contributed by atoms with Crippen LogP contribution in [0.1, 0.15) is 38.5 Å². The fraction of sp³-hybridized carbons (Fsp3) is 0.407. The number of likely N-dealkylation sites (tertiary alicyclic amines) is 1. The van der Waals surface area contributed by atoms with E-state index in [1.165, 1.54) is 25.0 Å². The summed E-state index contributed by atoms with van der Waals surface area (Å²) in [6, 6.07) is 13.1. The Morgan fingerprint density at radius 2 is 1.58 bits per heavy atom. The monoisotopic (exact) mass is 486 g/mol. The van der Waals surface area contributed by atoms with E-state index in [1.54, 1.807) is 18.3 Å². The Hall–Kier alpha value is -3.59. The number of imidazole rings is 1. The number of benzene rings is 1. The Bertz CT molecular complexity index is 1340. The van der Waals surface area contributed by atoms with E-state index in [2.05, 4.69) is 27.6 Å². The number of nitrogens with zero attached hydrogens (tertiary/aromatic N) is 6. The van der Waals surface area contributed by atoms with Crippen LogP contribution in [0.2, 0.25) is 0 Å². The molecule has 0 bridgehead atoms. The molecule has 0 amide bonds. The van der Waals surface area contributed by atoms with Gasteiger partial charge in [0.1, 0.15) is 23.3 Å². The zero-order chi connectivity index (χ0) is 24.5. The minimum Gasteiger partial charge on any atom is -0.367 e. The highest BCUT2D eigenvalue weighted by molar-refractivity contribution is 5.81. The molecule has 186 valence electrons. The average Bonchev–Trinajstić information content (AvgIpc) is 3.53. The molecule has 2 aliphatic rings. The van der Waals surface area contributed by atoms with Crippen molar-refractivity contribution in [1.29, 1.82) is 0 Å². The van der Waals surface area contributed by atoms with Gasteiger partial charge in [-0.3, -0.25) is 4.57 Å². The first kappa shape index (κ1) is 22.8. The summed E-state index contributed by atoms with van der Waals surface area (Å²) in [5.74, 6) is 2.51. The van der Waals surface area contributed by atoms with E-state index in [0.29, 0.717) is 35.3 Å². The number of halogens is 1. The van der Waals surface area contributed by atoms with Gasteiger partial charge in [-0.1, -0.05) is 12.8 Å². The second kappa shape index (κ2) is 9.81. The lowest BCUT2D eigenvalue weighted by atomic mass is 10.1. The summed E-state index contributed by atoms with van der Waals surface area (Å²) < 4.78 is 15.7. The Morgan fingerprint density at radius 3 is 2.36 bits per heavy atom. The van der Waals surface area contributed by atoms with Crippen LogP contribution in [-0.4, -0.2) is 61.6 Å². The van der Waals surface area contributed by atoms with Gasteiger partial charge in [0.05, 0.1) is 5.52 Å². The molecule has 3 aromatic heterocycles. The van der Waals surface area contributed by atoms with Gasteiger partial charge in [-0.05, 0) is 88.3 Å². The van der Waals surface area contributed by atoms with Crippen LogP contribution >= 0.6 is 0 Å². The summed E-state index contributed by atoms with van der Waals surface area (Å²) in [4.78, 5) is 21.4. The van der Waals surface area contributed by atoms with Crippen LogP contribution in [-0.2, 0) is 0 Å². The molecule has 4 heterocycles. The second-order valence-corrected chi connectivity index (χ2v) is 9.90. The van der Waals surface area contributed by atoms with Crippen molar-refractivity contribution in [3.63, 3.8) is 0 Å². The molecule has 2 fully saturated rings. The topological polar surface area (TPSA) is 83.8 Å². The van der Waals surface area contributed by atoms with Gasteiger partial charge in [-0.2, -0.15) is 4.98 Å². The maximum Gasteiger partial charge on any atom is 0.224 e. The third-order valence-electron chi connectivity index (χ3n) is 7.25. The molecule has 2 N–H and O–H groups in total. The van der Waals surface area contributed by atoms with Crippen molar-refractivity contribution < 1.29 is 4.39 Å². The molecule has 1 aliphatic heterocycles. The molecule has 9 heteroatoms. The SMILES string of the molecule is CN1CCC(Nc2ccc3c(n2)nc(-c2ccc(F)cc2)n3-c2ccnc(NC3CCCC3)n2)CC1. The summed E-state index contributed by atoms with van der Waals surface area (Å²) in [7, 11) is 2.16. The number of rotatable bonds is 6. The predicted molar refractivity (Wildman–Crippen MR) is 140 cm³/mol. The molecule has 8 nitrogen and oxygen atoms in total. The number of hydrogen-bond donors (Lipinski definition) is 2. The predicted octanol–water partition coefficient (Wildman–Crippen LogP) is 4.88. The summed E-state index contributed by atoms with van der Waals surface area (Å²) >= 11 is 0. The molecule has 0 unspecified atom stereocenters. The highest BCUT2D eigenvalue weighted by Gasteiger charge is 2.21. The van der Waals surface area contributed by atoms with E-state index in [0.717, 1.165) is 55.7 Å². The van der Waals surface area contributed by atoms with Crippen molar-refractivity contribution in [3.8, 4) is 17.2 Å². The van der Waals surface area contributed by atoms with Gasteiger partial charge in [-0.25, -0.2) is 19.3 Å². The van der Waals surface area contributed by atoms with Gasteiger partial charge in [0, 0.05) is 23.8 Å². The van der Waals surface area contributed by atoms with Crippen LogP contribution in [0.4, 0.5) is 16.2 Å². The molecule has 0 radical (unpaired) electrons. The molecule has 4 aromatic rings. The first-order valence-corrected chi connectivity index (χ1v) is 12.8. The van der Waals surface area contributed by atoms with E-state index >= 15 is 0 Å². The third-order valence-corrected chi connectivity index (χ3v) is 7.25. The van der Waals surface area contributed by atoms with Crippen molar-refractivity contribution >= 4 is 22.9 Å². The molecule has 1 saturated heterocycles. The van der Waals surface area contributed by atoms with Crippen molar-refractivity contribution in [3.05, 3.63) is 54.5 Å². The van der Waals surface area contributed by atoms with Gasteiger partial charge in [0.25, 0.3) is 0 Å². The van der Waals surface area contributed by atoms with Gasteiger partial charge in [0.2, 0.25) is 5.95 Å². The third kappa shape index (κ3) is 4.75. The first-order valence-electron chi connectivity index (χ1n) is 12.8. The number of hydrogen-bond acceptors (Lipinski definition) is 7. The van der Waals surface area contributed by atoms with Crippen LogP contribution < -0.4 is 10.6 Å². The minimum absolute atomic E-state index is 0.283. The Labute approximate surface area is 210 Å². The zero-order valence-electron chi connectivity index (χ0n) is 20.5. The van der Waals surface area contributed by atoms with Gasteiger partial charge in [0.15, 0.2) is 5.65 Å². The van der Waals surface area contributed by atoms with Crippen molar-refractivity contribution in [2.24, 2.45) is 0 Å². The van der Waals surface area contributed by atoms with Crippen molar-refractivity contribution in [1.82, 2.24) is 29.4 Å². The smallest absolute Gasteiger partial charge is 0.224 e.